The summed E-state index contributed by atoms with van der Waals surface area (Å²) >= 11 is 0. The van der Waals surface area contributed by atoms with Crippen LogP contribution >= 0.6 is 0 Å². The Morgan fingerprint density at radius 2 is 2.06 bits per heavy atom. The summed E-state index contributed by atoms with van der Waals surface area (Å²) in [6.07, 6.45) is 1.66. The van der Waals surface area contributed by atoms with Gasteiger partial charge in [0.15, 0.2) is 0 Å². The largest absolute Gasteiger partial charge is 0.399 e. The van der Waals surface area contributed by atoms with Crippen molar-refractivity contribution in [1.29, 1.82) is 0 Å². The minimum absolute atomic E-state index is 0.322. The molecule has 0 radical (unpaired) electrons. The van der Waals surface area contributed by atoms with Gasteiger partial charge in [0, 0.05) is 18.8 Å². The van der Waals surface area contributed by atoms with E-state index >= 15 is 0 Å². The van der Waals surface area contributed by atoms with Gasteiger partial charge in [-0.15, -0.1) is 0 Å². The molecule has 0 saturated heterocycles. The van der Waals surface area contributed by atoms with Gasteiger partial charge >= 0.3 is 0 Å². The third-order valence-electron chi connectivity index (χ3n) is 2.03. The van der Waals surface area contributed by atoms with Crippen LogP contribution in [0, 0.1) is 5.82 Å². The lowest BCUT2D eigenvalue weighted by atomic mass is 10.2. The van der Waals surface area contributed by atoms with Crippen molar-refractivity contribution in [1.82, 2.24) is 4.72 Å². The van der Waals surface area contributed by atoms with Gasteiger partial charge in [0.25, 0.3) is 0 Å². The van der Waals surface area contributed by atoms with E-state index in [2.05, 4.69) is 10.0 Å². The average molecular weight is 261 g/mol. The zero-order valence-corrected chi connectivity index (χ0v) is 10.3. The second-order valence-corrected chi connectivity index (χ2v) is 5.52. The molecule has 96 valence electrons. The Hall–Kier alpha value is -1.34. The van der Waals surface area contributed by atoms with Crippen LogP contribution in [0.2, 0.25) is 0 Å². The molecule has 0 unspecified atom stereocenters. The highest BCUT2D eigenvalue weighted by Gasteiger charge is 2.02. The Kier molecular flexibility index (Phi) is 4.71. The van der Waals surface area contributed by atoms with Crippen LogP contribution in [0.3, 0.4) is 0 Å². The molecule has 7 heteroatoms. The van der Waals surface area contributed by atoms with E-state index in [1.54, 1.807) is 12.1 Å². The maximum absolute atomic E-state index is 13.3. The number of halogens is 1. The molecule has 0 heterocycles. The topological polar surface area (TPSA) is 84.2 Å². The van der Waals surface area contributed by atoms with Crippen LogP contribution in [0.4, 0.5) is 15.8 Å². The molecule has 1 rings (SSSR count). The van der Waals surface area contributed by atoms with E-state index in [-0.39, 0.29) is 0 Å². The SMILES string of the molecule is CS(=O)(=O)NCCCNc1ccc(N)cc1F. The average Bonchev–Trinajstić information content (AvgIpc) is 2.18. The third kappa shape index (κ3) is 5.50. The van der Waals surface area contributed by atoms with Gasteiger partial charge < -0.3 is 11.1 Å². The Morgan fingerprint density at radius 1 is 1.35 bits per heavy atom. The monoisotopic (exact) mass is 261 g/mol. The second-order valence-electron chi connectivity index (χ2n) is 3.69. The van der Waals surface area contributed by atoms with Crippen LogP contribution in [0.5, 0.6) is 0 Å². The zero-order valence-electron chi connectivity index (χ0n) is 9.53. The maximum Gasteiger partial charge on any atom is 0.208 e. The first-order valence-electron chi connectivity index (χ1n) is 5.12. The number of nitrogen functional groups attached to an aromatic ring is 1. The summed E-state index contributed by atoms with van der Waals surface area (Å²) in [6, 6.07) is 4.38. The number of hydrogen-bond donors (Lipinski definition) is 3. The zero-order chi connectivity index (χ0) is 12.9. The summed E-state index contributed by atoms with van der Waals surface area (Å²) in [6.45, 7) is 0.797. The van der Waals surface area contributed by atoms with Gasteiger partial charge in [-0.1, -0.05) is 0 Å². The summed E-state index contributed by atoms with van der Waals surface area (Å²) in [7, 11) is -3.15. The van der Waals surface area contributed by atoms with Crippen LogP contribution in [0.1, 0.15) is 6.42 Å². The molecular formula is C10H16FN3O2S. The first-order chi connectivity index (χ1) is 7.88. The van der Waals surface area contributed by atoms with Crippen molar-refractivity contribution in [2.24, 2.45) is 0 Å². The minimum atomic E-state index is -3.15. The number of nitrogens with two attached hydrogens (primary N) is 1. The van der Waals surface area contributed by atoms with E-state index in [0.717, 1.165) is 6.26 Å². The highest BCUT2D eigenvalue weighted by molar-refractivity contribution is 7.88. The van der Waals surface area contributed by atoms with Gasteiger partial charge in [-0.25, -0.2) is 17.5 Å². The number of nitrogens with one attached hydrogen (secondary N) is 2. The fourth-order valence-corrected chi connectivity index (χ4v) is 1.76. The van der Waals surface area contributed by atoms with Crippen LogP contribution in [-0.4, -0.2) is 27.8 Å². The predicted octanol–water partition coefficient (Wildman–Crippen LogP) is 0.759. The Balaban J connectivity index is 2.32. The summed E-state index contributed by atoms with van der Waals surface area (Å²) in [5.74, 6) is -0.416. The fourth-order valence-electron chi connectivity index (χ4n) is 1.24. The molecule has 0 amide bonds. The molecule has 0 fully saturated rings. The molecule has 0 saturated carbocycles. The van der Waals surface area contributed by atoms with Crippen LogP contribution in [0.15, 0.2) is 18.2 Å². The van der Waals surface area contributed by atoms with Gasteiger partial charge in [0.1, 0.15) is 5.82 Å². The first-order valence-corrected chi connectivity index (χ1v) is 7.01. The molecule has 0 aliphatic carbocycles. The normalized spacial score (nSPS) is 11.4. The Bertz CT molecular complexity index is 476. The van der Waals surface area contributed by atoms with Crippen molar-refractivity contribution >= 4 is 21.4 Å². The number of anilines is 2. The minimum Gasteiger partial charge on any atom is -0.399 e. The quantitative estimate of drug-likeness (QED) is 0.521. The Labute approximate surface area is 100 Å². The molecule has 1 aromatic carbocycles. The Morgan fingerprint density at radius 3 is 2.65 bits per heavy atom. The van der Waals surface area contributed by atoms with Crippen molar-refractivity contribution < 1.29 is 12.8 Å². The summed E-state index contributed by atoms with van der Waals surface area (Å²) in [5.41, 5.74) is 6.13. The molecular weight excluding hydrogens is 245 g/mol. The van der Waals surface area contributed by atoms with Crippen molar-refractivity contribution in [2.45, 2.75) is 6.42 Å². The molecule has 5 nitrogen and oxygen atoms in total. The highest BCUT2D eigenvalue weighted by Crippen LogP contribution is 2.16. The van der Waals surface area contributed by atoms with E-state index in [4.69, 9.17) is 5.73 Å². The number of benzene rings is 1. The van der Waals surface area contributed by atoms with Crippen molar-refractivity contribution in [3.05, 3.63) is 24.0 Å². The van der Waals surface area contributed by atoms with Gasteiger partial charge in [-0.3, -0.25) is 0 Å². The lowest BCUT2D eigenvalue weighted by Gasteiger charge is -2.08. The van der Waals surface area contributed by atoms with E-state index in [1.165, 1.54) is 6.07 Å². The highest BCUT2D eigenvalue weighted by atomic mass is 32.2. The van der Waals surface area contributed by atoms with E-state index in [1.807, 2.05) is 0 Å². The van der Waals surface area contributed by atoms with Gasteiger partial charge in [0.05, 0.1) is 11.9 Å². The molecule has 4 N–H and O–H groups in total. The molecule has 0 spiro atoms. The summed E-state index contributed by atoms with van der Waals surface area (Å²) < 4.78 is 37.1. The number of rotatable bonds is 6. The maximum atomic E-state index is 13.3. The lowest BCUT2D eigenvalue weighted by Crippen LogP contribution is -2.24. The lowest BCUT2D eigenvalue weighted by molar-refractivity contribution is 0.586. The number of sulfonamides is 1. The molecule has 0 aliphatic rings. The molecule has 1 aromatic rings. The smallest absolute Gasteiger partial charge is 0.208 e. The third-order valence-corrected chi connectivity index (χ3v) is 2.75. The second kappa shape index (κ2) is 5.83. The van der Waals surface area contributed by atoms with Crippen LogP contribution in [0.25, 0.3) is 0 Å². The van der Waals surface area contributed by atoms with Crippen LogP contribution in [-0.2, 0) is 10.0 Å². The van der Waals surface area contributed by atoms with Crippen molar-refractivity contribution in [2.75, 3.05) is 30.4 Å². The molecule has 0 aromatic heterocycles. The van der Waals surface area contributed by atoms with Gasteiger partial charge in [-0.2, -0.15) is 0 Å². The summed E-state index contributed by atoms with van der Waals surface area (Å²) in [4.78, 5) is 0. The molecule has 17 heavy (non-hydrogen) atoms. The van der Waals surface area contributed by atoms with E-state index in [9.17, 15) is 12.8 Å². The van der Waals surface area contributed by atoms with Crippen molar-refractivity contribution in [3.8, 4) is 0 Å². The van der Waals surface area contributed by atoms with Gasteiger partial charge in [0.2, 0.25) is 10.0 Å². The fraction of sp³-hybridized carbons (Fsp3) is 0.400. The standard InChI is InChI=1S/C10H16FN3O2S/c1-17(15,16)14-6-2-5-13-10-4-3-8(12)7-9(10)11/h3-4,7,13-14H,2,5-6,12H2,1H3. The van der Waals surface area contributed by atoms with Crippen LogP contribution < -0.4 is 15.8 Å². The summed E-state index contributed by atoms with van der Waals surface area (Å²) in [5, 5.41) is 2.86. The van der Waals surface area contributed by atoms with Crippen molar-refractivity contribution in [3.63, 3.8) is 0 Å². The van der Waals surface area contributed by atoms with E-state index in [0.29, 0.717) is 30.9 Å². The first kappa shape index (κ1) is 13.7. The number of hydrogen-bond acceptors (Lipinski definition) is 4. The molecule has 0 aliphatic heterocycles. The molecule has 0 atom stereocenters. The van der Waals surface area contributed by atoms with Gasteiger partial charge in [-0.05, 0) is 24.6 Å². The molecule has 0 bridgehead atoms. The predicted molar refractivity (Wildman–Crippen MR) is 66.8 cm³/mol. The van der Waals surface area contributed by atoms with E-state index < -0.39 is 15.8 Å².